The summed E-state index contributed by atoms with van der Waals surface area (Å²) in [5.74, 6) is -0.0895. The van der Waals surface area contributed by atoms with Crippen LogP contribution in [0.5, 0.6) is 0 Å². The highest BCUT2D eigenvalue weighted by atomic mass is 79.9. The van der Waals surface area contributed by atoms with Gasteiger partial charge in [-0.1, -0.05) is 0 Å². The van der Waals surface area contributed by atoms with Crippen LogP contribution in [-0.2, 0) is 5.75 Å². The number of nitrogens with zero attached hydrogens (tertiary/aromatic N) is 1. The summed E-state index contributed by atoms with van der Waals surface area (Å²) in [5, 5.41) is 10.7. The molecule has 0 unspecified atom stereocenters. The van der Waals surface area contributed by atoms with Crippen LogP contribution < -0.4 is 0 Å². The van der Waals surface area contributed by atoms with Gasteiger partial charge in [0.15, 0.2) is 0 Å². The van der Waals surface area contributed by atoms with Crippen molar-refractivity contribution in [3.05, 3.63) is 44.8 Å². The van der Waals surface area contributed by atoms with Crippen molar-refractivity contribution < 1.29 is 9.90 Å². The highest BCUT2D eigenvalue weighted by Gasteiger charge is 2.07. The highest BCUT2D eigenvalue weighted by Crippen LogP contribution is 2.28. The third-order valence-corrected chi connectivity index (χ3v) is 4.50. The number of hydrogen-bond donors (Lipinski definition) is 1. The summed E-state index contributed by atoms with van der Waals surface area (Å²) in [7, 11) is 0. The Hall–Kier alpha value is -0.850. The van der Waals surface area contributed by atoms with E-state index in [4.69, 9.17) is 5.11 Å². The Morgan fingerprint density at radius 2 is 2.29 bits per heavy atom. The fourth-order valence-electron chi connectivity index (χ4n) is 1.21. The van der Waals surface area contributed by atoms with E-state index in [1.807, 2.05) is 17.6 Å². The summed E-state index contributed by atoms with van der Waals surface area (Å²) < 4.78 is 0.951. The molecular weight excluding hydrogens is 322 g/mol. The van der Waals surface area contributed by atoms with Crippen molar-refractivity contribution in [1.29, 1.82) is 0 Å². The molecule has 0 atom stereocenters. The minimum atomic E-state index is -0.869. The molecule has 0 bridgehead atoms. The van der Waals surface area contributed by atoms with Gasteiger partial charge in [0, 0.05) is 32.9 Å². The lowest BCUT2D eigenvalue weighted by Crippen LogP contribution is -1.89. The normalized spacial score (nSPS) is 10.4. The summed E-state index contributed by atoms with van der Waals surface area (Å²) in [6.45, 7) is 0. The van der Waals surface area contributed by atoms with Crippen LogP contribution in [0.1, 0.15) is 15.2 Å². The fourth-order valence-corrected chi connectivity index (χ4v) is 3.41. The van der Waals surface area contributed by atoms with E-state index >= 15 is 0 Å². The number of hydrogen-bond acceptors (Lipinski definition) is 4. The summed E-state index contributed by atoms with van der Waals surface area (Å²) in [6, 6.07) is 3.70. The predicted molar refractivity (Wildman–Crippen MR) is 72.8 cm³/mol. The molecule has 0 radical (unpaired) electrons. The van der Waals surface area contributed by atoms with E-state index in [1.54, 1.807) is 24.0 Å². The van der Waals surface area contributed by atoms with Crippen molar-refractivity contribution in [3.63, 3.8) is 0 Å². The topological polar surface area (TPSA) is 50.2 Å². The molecule has 0 amide bonds. The van der Waals surface area contributed by atoms with E-state index in [-0.39, 0.29) is 0 Å². The monoisotopic (exact) mass is 329 g/mol. The van der Waals surface area contributed by atoms with Gasteiger partial charge >= 0.3 is 5.97 Å². The smallest absolute Gasteiger partial charge is 0.345 e. The number of aromatic nitrogens is 1. The minimum absolute atomic E-state index is 0.375. The number of pyridine rings is 1. The summed E-state index contributed by atoms with van der Waals surface area (Å²) in [4.78, 5) is 16.2. The van der Waals surface area contributed by atoms with Gasteiger partial charge in [0.05, 0.1) is 0 Å². The first kappa shape index (κ1) is 12.6. The van der Waals surface area contributed by atoms with E-state index in [0.29, 0.717) is 4.88 Å². The number of carboxylic acid groups (broad SMARTS) is 1. The van der Waals surface area contributed by atoms with Gasteiger partial charge in [-0.25, -0.2) is 4.79 Å². The molecule has 0 fully saturated rings. The lowest BCUT2D eigenvalue weighted by Gasteiger charge is -1.99. The van der Waals surface area contributed by atoms with E-state index in [2.05, 4.69) is 20.9 Å². The second-order valence-corrected chi connectivity index (χ2v) is 6.13. The van der Waals surface area contributed by atoms with Gasteiger partial charge in [-0.3, -0.25) is 4.98 Å². The number of aromatic carboxylic acids is 1. The Bertz CT molecular complexity index is 542. The molecule has 2 rings (SSSR count). The Kier molecular flexibility index (Phi) is 4.20. The second-order valence-electron chi connectivity index (χ2n) is 3.25. The molecule has 2 aromatic heterocycles. The first-order chi connectivity index (χ1) is 8.15. The second kappa shape index (κ2) is 5.66. The molecule has 3 nitrogen and oxygen atoms in total. The maximum atomic E-state index is 10.7. The maximum absolute atomic E-state index is 10.7. The van der Waals surface area contributed by atoms with E-state index in [0.717, 1.165) is 20.7 Å². The molecule has 0 aliphatic rings. The molecular formula is C11H8BrNO2S2. The van der Waals surface area contributed by atoms with Crippen LogP contribution in [0.25, 0.3) is 0 Å². The molecule has 0 aromatic carbocycles. The van der Waals surface area contributed by atoms with Gasteiger partial charge in [-0.05, 0) is 33.6 Å². The van der Waals surface area contributed by atoms with E-state index < -0.39 is 5.97 Å². The van der Waals surface area contributed by atoms with E-state index in [9.17, 15) is 4.79 Å². The SMILES string of the molecule is O=C(O)c1cc(SCc2cncc(Br)c2)cs1. The number of halogens is 1. The molecule has 1 N–H and O–H groups in total. The van der Waals surface area contributed by atoms with Gasteiger partial charge < -0.3 is 5.11 Å². The molecule has 0 saturated heterocycles. The molecule has 2 aromatic rings. The van der Waals surface area contributed by atoms with Crippen LogP contribution in [0.4, 0.5) is 0 Å². The van der Waals surface area contributed by atoms with Crippen molar-refractivity contribution in [3.8, 4) is 0 Å². The number of carbonyl (C=O) groups is 1. The zero-order valence-corrected chi connectivity index (χ0v) is 11.8. The van der Waals surface area contributed by atoms with Crippen LogP contribution in [-0.4, -0.2) is 16.1 Å². The Labute approximate surface area is 115 Å². The largest absolute Gasteiger partial charge is 0.477 e. The molecule has 2 heterocycles. The van der Waals surface area contributed by atoms with Gasteiger partial charge in [0.25, 0.3) is 0 Å². The van der Waals surface area contributed by atoms with Gasteiger partial charge in [0.2, 0.25) is 0 Å². The Morgan fingerprint density at radius 3 is 2.94 bits per heavy atom. The van der Waals surface area contributed by atoms with Crippen LogP contribution in [0.15, 0.2) is 39.3 Å². The average molecular weight is 330 g/mol. The van der Waals surface area contributed by atoms with Crippen LogP contribution in [0, 0.1) is 0 Å². The molecule has 0 saturated carbocycles. The Balaban J connectivity index is 2.00. The zero-order valence-electron chi connectivity index (χ0n) is 8.59. The first-order valence-electron chi connectivity index (χ1n) is 4.69. The maximum Gasteiger partial charge on any atom is 0.345 e. The standard InChI is InChI=1S/C11H8BrNO2S2/c12-8-1-7(3-13-4-8)5-16-9-2-10(11(14)15)17-6-9/h1-4,6H,5H2,(H,14,15). The average Bonchev–Trinajstić information content (AvgIpc) is 2.75. The fraction of sp³-hybridized carbons (Fsp3) is 0.0909. The molecule has 0 spiro atoms. The molecule has 17 heavy (non-hydrogen) atoms. The third kappa shape index (κ3) is 3.55. The quantitative estimate of drug-likeness (QED) is 0.864. The van der Waals surface area contributed by atoms with E-state index in [1.165, 1.54) is 11.3 Å². The van der Waals surface area contributed by atoms with Crippen molar-refractivity contribution in [2.75, 3.05) is 0 Å². The highest BCUT2D eigenvalue weighted by molar-refractivity contribution is 9.10. The lowest BCUT2D eigenvalue weighted by atomic mass is 10.3. The van der Waals surface area contributed by atoms with Gasteiger partial charge in [0.1, 0.15) is 4.88 Å². The van der Waals surface area contributed by atoms with Crippen molar-refractivity contribution in [2.24, 2.45) is 0 Å². The lowest BCUT2D eigenvalue weighted by molar-refractivity contribution is 0.0702. The number of rotatable bonds is 4. The first-order valence-corrected chi connectivity index (χ1v) is 7.35. The Morgan fingerprint density at radius 1 is 1.47 bits per heavy atom. The summed E-state index contributed by atoms with van der Waals surface area (Å²) in [5.41, 5.74) is 1.10. The predicted octanol–water partition coefficient (Wildman–Crippen LogP) is 3.90. The number of carboxylic acids is 1. The van der Waals surface area contributed by atoms with Crippen LogP contribution in [0.2, 0.25) is 0 Å². The number of thiophene rings is 1. The zero-order chi connectivity index (χ0) is 12.3. The molecule has 88 valence electrons. The summed E-state index contributed by atoms with van der Waals surface area (Å²) >= 11 is 6.22. The molecule has 6 heteroatoms. The van der Waals surface area contributed by atoms with Crippen LogP contribution >= 0.6 is 39.0 Å². The van der Waals surface area contributed by atoms with Gasteiger partial charge in [-0.15, -0.1) is 23.1 Å². The molecule has 0 aliphatic carbocycles. The van der Waals surface area contributed by atoms with Gasteiger partial charge in [-0.2, -0.15) is 0 Å². The number of thioether (sulfide) groups is 1. The van der Waals surface area contributed by atoms with Crippen molar-refractivity contribution >= 4 is 45.0 Å². The minimum Gasteiger partial charge on any atom is -0.477 e. The third-order valence-electron chi connectivity index (χ3n) is 1.95. The molecule has 0 aliphatic heterocycles. The van der Waals surface area contributed by atoms with Crippen molar-refractivity contribution in [2.45, 2.75) is 10.6 Å². The van der Waals surface area contributed by atoms with Crippen LogP contribution in [0.3, 0.4) is 0 Å². The summed E-state index contributed by atoms with van der Waals surface area (Å²) in [6.07, 6.45) is 3.55. The van der Waals surface area contributed by atoms with Crippen molar-refractivity contribution in [1.82, 2.24) is 4.98 Å².